The van der Waals surface area contributed by atoms with Crippen molar-refractivity contribution >= 4 is 9.84 Å². The van der Waals surface area contributed by atoms with E-state index in [1.165, 1.54) is 0 Å². The number of nitrogens with two attached hydrogens (primary N) is 1. The van der Waals surface area contributed by atoms with Crippen LogP contribution in [0.1, 0.15) is 33.1 Å². The van der Waals surface area contributed by atoms with Gasteiger partial charge >= 0.3 is 0 Å². The summed E-state index contributed by atoms with van der Waals surface area (Å²) in [5, 5.41) is 0. The molecule has 0 aromatic carbocycles. The summed E-state index contributed by atoms with van der Waals surface area (Å²) in [6.45, 7) is 5.07. The lowest BCUT2D eigenvalue weighted by Gasteiger charge is -2.39. The van der Waals surface area contributed by atoms with Crippen molar-refractivity contribution in [3.05, 3.63) is 0 Å². The van der Waals surface area contributed by atoms with E-state index in [4.69, 9.17) is 10.5 Å². The molecule has 0 aromatic rings. The smallest absolute Gasteiger partial charge is 0.150 e. The molecule has 0 aliphatic carbocycles. The van der Waals surface area contributed by atoms with Crippen LogP contribution in [0.25, 0.3) is 0 Å². The van der Waals surface area contributed by atoms with Crippen LogP contribution in [0.4, 0.5) is 0 Å². The fourth-order valence-corrected chi connectivity index (χ4v) is 4.42. The minimum atomic E-state index is -2.87. The third-order valence-electron chi connectivity index (χ3n) is 3.44. The first-order valence-electron chi connectivity index (χ1n) is 5.98. The maximum absolute atomic E-state index is 11.6. The van der Waals surface area contributed by atoms with Gasteiger partial charge in [-0.1, -0.05) is 0 Å². The van der Waals surface area contributed by atoms with Gasteiger partial charge in [0.1, 0.15) is 0 Å². The van der Waals surface area contributed by atoms with Crippen molar-refractivity contribution < 1.29 is 13.2 Å². The van der Waals surface area contributed by atoms with E-state index in [9.17, 15) is 8.42 Å². The molecular formula is C11H23NO3S. The monoisotopic (exact) mass is 249 g/mol. The Morgan fingerprint density at radius 2 is 2.19 bits per heavy atom. The van der Waals surface area contributed by atoms with Crippen molar-refractivity contribution in [1.82, 2.24) is 0 Å². The largest absolute Gasteiger partial charge is 0.375 e. The highest BCUT2D eigenvalue weighted by Crippen LogP contribution is 2.33. The molecule has 1 aliphatic heterocycles. The number of rotatable bonds is 5. The molecule has 0 saturated carbocycles. The zero-order chi connectivity index (χ0) is 12.2. The van der Waals surface area contributed by atoms with E-state index in [1.807, 2.05) is 13.8 Å². The Morgan fingerprint density at radius 3 is 2.69 bits per heavy atom. The Morgan fingerprint density at radius 1 is 1.50 bits per heavy atom. The lowest BCUT2D eigenvalue weighted by molar-refractivity contribution is -0.0697. The summed E-state index contributed by atoms with van der Waals surface area (Å²) in [6, 6.07) is 0. The van der Waals surface area contributed by atoms with Crippen LogP contribution >= 0.6 is 0 Å². The topological polar surface area (TPSA) is 69.4 Å². The van der Waals surface area contributed by atoms with E-state index >= 15 is 0 Å². The summed E-state index contributed by atoms with van der Waals surface area (Å²) in [6.07, 6.45) is 2.40. The molecule has 1 aliphatic rings. The molecule has 0 bridgehead atoms. The molecule has 2 unspecified atom stereocenters. The van der Waals surface area contributed by atoms with Crippen molar-refractivity contribution in [3.8, 4) is 0 Å². The fraction of sp³-hybridized carbons (Fsp3) is 1.00. The second-order valence-electron chi connectivity index (χ2n) is 4.74. The van der Waals surface area contributed by atoms with Crippen molar-refractivity contribution in [2.75, 3.05) is 24.7 Å². The van der Waals surface area contributed by atoms with Gasteiger partial charge in [0.25, 0.3) is 0 Å². The summed E-state index contributed by atoms with van der Waals surface area (Å²) in [4.78, 5) is 0. The minimum Gasteiger partial charge on any atom is -0.375 e. The Bertz CT molecular complexity index is 307. The molecule has 0 aromatic heterocycles. The second-order valence-corrected chi connectivity index (χ2v) is 6.97. The number of sulfone groups is 1. The van der Waals surface area contributed by atoms with Crippen molar-refractivity contribution in [3.63, 3.8) is 0 Å². The third kappa shape index (κ3) is 3.43. The molecule has 2 atom stereocenters. The van der Waals surface area contributed by atoms with Gasteiger partial charge in [-0.2, -0.15) is 0 Å². The summed E-state index contributed by atoms with van der Waals surface area (Å²) in [7, 11) is -2.87. The quantitative estimate of drug-likeness (QED) is 0.788. The van der Waals surface area contributed by atoms with Gasteiger partial charge in [-0.25, -0.2) is 8.42 Å². The van der Waals surface area contributed by atoms with Crippen LogP contribution in [0.5, 0.6) is 0 Å². The normalized spacial score (nSPS) is 28.6. The summed E-state index contributed by atoms with van der Waals surface area (Å²) in [5.74, 6) is 0.674. The van der Waals surface area contributed by atoms with E-state index in [-0.39, 0.29) is 17.3 Å². The summed E-state index contributed by atoms with van der Waals surface area (Å²) < 4.78 is 29.0. The van der Waals surface area contributed by atoms with Crippen molar-refractivity contribution in [1.29, 1.82) is 0 Å². The molecule has 1 saturated heterocycles. The van der Waals surface area contributed by atoms with Crippen LogP contribution in [-0.2, 0) is 14.6 Å². The third-order valence-corrected chi connectivity index (χ3v) is 5.26. The van der Waals surface area contributed by atoms with Crippen LogP contribution < -0.4 is 5.73 Å². The summed E-state index contributed by atoms with van der Waals surface area (Å²) >= 11 is 0. The Balaban J connectivity index is 2.77. The van der Waals surface area contributed by atoms with E-state index in [0.717, 1.165) is 19.3 Å². The first-order valence-corrected chi connectivity index (χ1v) is 7.80. The van der Waals surface area contributed by atoms with Crippen LogP contribution in [-0.4, -0.2) is 38.7 Å². The predicted molar refractivity (Wildman–Crippen MR) is 65.1 cm³/mol. The Kier molecular flexibility index (Phi) is 4.76. The molecule has 1 fully saturated rings. The van der Waals surface area contributed by atoms with Crippen molar-refractivity contribution in [2.24, 2.45) is 11.7 Å². The summed E-state index contributed by atoms with van der Waals surface area (Å²) in [5.41, 5.74) is 5.21. The van der Waals surface area contributed by atoms with Crippen molar-refractivity contribution in [2.45, 2.75) is 38.7 Å². The SMILES string of the molecule is CCOC(C)(CCN)C1CCCS(=O)(=O)C1. The van der Waals surface area contributed by atoms with Crippen LogP contribution in [0.3, 0.4) is 0 Å². The lowest BCUT2D eigenvalue weighted by Crippen LogP contribution is -2.45. The van der Waals surface area contributed by atoms with E-state index in [1.54, 1.807) is 0 Å². The van der Waals surface area contributed by atoms with Gasteiger partial charge in [-0.3, -0.25) is 0 Å². The molecule has 96 valence electrons. The van der Waals surface area contributed by atoms with Gasteiger partial charge in [-0.15, -0.1) is 0 Å². The molecule has 16 heavy (non-hydrogen) atoms. The first-order chi connectivity index (χ1) is 7.43. The van der Waals surface area contributed by atoms with Gasteiger partial charge in [0.05, 0.1) is 17.1 Å². The van der Waals surface area contributed by atoms with Gasteiger partial charge in [0.2, 0.25) is 0 Å². The number of hydrogen-bond donors (Lipinski definition) is 1. The standard InChI is InChI=1S/C11H23NO3S/c1-3-15-11(2,6-7-12)10-5-4-8-16(13,14)9-10/h10H,3-9,12H2,1-2H3. The molecule has 0 amide bonds. The average molecular weight is 249 g/mol. The molecule has 0 spiro atoms. The van der Waals surface area contributed by atoms with Gasteiger partial charge in [0, 0.05) is 12.5 Å². The molecule has 5 heteroatoms. The molecule has 1 heterocycles. The van der Waals surface area contributed by atoms with E-state index in [0.29, 0.717) is 18.9 Å². The highest BCUT2D eigenvalue weighted by atomic mass is 32.2. The highest BCUT2D eigenvalue weighted by Gasteiger charge is 2.39. The molecule has 0 radical (unpaired) electrons. The number of ether oxygens (including phenoxy) is 1. The number of hydrogen-bond acceptors (Lipinski definition) is 4. The zero-order valence-corrected chi connectivity index (χ0v) is 11.1. The molecule has 2 N–H and O–H groups in total. The Hall–Kier alpha value is -0.130. The predicted octanol–water partition coefficient (Wildman–Crippen LogP) is 0.955. The van der Waals surface area contributed by atoms with Gasteiger partial charge in [-0.05, 0) is 39.7 Å². The van der Waals surface area contributed by atoms with Crippen LogP contribution in [0.2, 0.25) is 0 Å². The van der Waals surface area contributed by atoms with Crippen LogP contribution in [0.15, 0.2) is 0 Å². The van der Waals surface area contributed by atoms with Gasteiger partial charge in [0.15, 0.2) is 9.84 Å². The maximum atomic E-state index is 11.6. The minimum absolute atomic E-state index is 0.0924. The van der Waals surface area contributed by atoms with Crippen LogP contribution in [0, 0.1) is 5.92 Å². The molecule has 1 rings (SSSR count). The lowest BCUT2D eigenvalue weighted by atomic mass is 9.84. The van der Waals surface area contributed by atoms with E-state index in [2.05, 4.69) is 0 Å². The average Bonchev–Trinajstić information content (AvgIpc) is 2.17. The first kappa shape index (κ1) is 13.9. The van der Waals surface area contributed by atoms with Gasteiger partial charge < -0.3 is 10.5 Å². The Labute approximate surface area is 98.5 Å². The molecule has 4 nitrogen and oxygen atoms in total. The second kappa shape index (κ2) is 5.47. The highest BCUT2D eigenvalue weighted by molar-refractivity contribution is 7.91. The zero-order valence-electron chi connectivity index (χ0n) is 10.2. The maximum Gasteiger partial charge on any atom is 0.150 e. The fourth-order valence-electron chi connectivity index (χ4n) is 2.51. The van der Waals surface area contributed by atoms with E-state index < -0.39 is 9.84 Å². The molecular weight excluding hydrogens is 226 g/mol.